The molecular formula is C11H26. The zero-order chi connectivity index (χ0) is 9.70. The highest BCUT2D eigenvalue weighted by Crippen LogP contribution is 1.76. The third-order valence-electron chi connectivity index (χ3n) is 0.500. The van der Waals surface area contributed by atoms with Gasteiger partial charge in [-0.05, 0) is 13.8 Å². The predicted molar refractivity (Wildman–Crippen MR) is 57.0 cm³/mol. The molecule has 0 amide bonds. The molecule has 0 saturated heterocycles. The molecule has 0 aromatic heterocycles. The van der Waals surface area contributed by atoms with E-state index in [1.54, 1.807) is 0 Å². The summed E-state index contributed by atoms with van der Waals surface area (Å²) in [7, 11) is 0. The molecule has 0 aromatic rings. The Kier molecular flexibility index (Phi) is 34.9. The molecule has 0 rings (SSSR count). The van der Waals surface area contributed by atoms with E-state index < -0.39 is 0 Å². The van der Waals surface area contributed by atoms with Gasteiger partial charge in [-0.2, -0.15) is 0 Å². The Morgan fingerprint density at radius 2 is 1.00 bits per heavy atom. The molecule has 0 spiro atoms. The van der Waals surface area contributed by atoms with E-state index in [0.29, 0.717) is 0 Å². The monoisotopic (exact) mass is 158 g/mol. The maximum Gasteiger partial charge on any atom is -0.0445 e. The number of hydrogen-bond acceptors (Lipinski definition) is 0. The van der Waals surface area contributed by atoms with E-state index in [-0.39, 0.29) is 0 Å². The van der Waals surface area contributed by atoms with Crippen LogP contribution in [-0.2, 0) is 0 Å². The van der Waals surface area contributed by atoms with E-state index in [1.165, 1.54) is 24.8 Å². The fraction of sp³-hybridized carbons (Fsp3) is 0.818. The largest absolute Gasteiger partial charge is 0.100 e. The van der Waals surface area contributed by atoms with Gasteiger partial charge in [0.15, 0.2) is 0 Å². The van der Waals surface area contributed by atoms with Gasteiger partial charge in [-0.25, -0.2) is 0 Å². The second-order valence-electron chi connectivity index (χ2n) is 2.91. The second-order valence-corrected chi connectivity index (χ2v) is 2.91. The summed E-state index contributed by atoms with van der Waals surface area (Å²) >= 11 is 0. The van der Waals surface area contributed by atoms with Gasteiger partial charge >= 0.3 is 0 Å². The topological polar surface area (TPSA) is 0 Å². The highest BCUT2D eigenvalue weighted by atomic mass is 13.6. The quantitative estimate of drug-likeness (QED) is 0.481. The van der Waals surface area contributed by atoms with Crippen molar-refractivity contribution in [2.45, 2.75) is 60.8 Å². The summed E-state index contributed by atoms with van der Waals surface area (Å²) in [5, 5.41) is 0. The molecule has 0 atom stereocenters. The summed E-state index contributed by atoms with van der Waals surface area (Å²) in [5.74, 6) is 0. The lowest BCUT2D eigenvalue weighted by atomic mass is 10.4. The molecule has 0 N–H and O–H groups in total. The van der Waals surface area contributed by atoms with Crippen LogP contribution in [0.4, 0.5) is 0 Å². The van der Waals surface area contributed by atoms with Crippen molar-refractivity contribution in [3.8, 4) is 0 Å². The van der Waals surface area contributed by atoms with Crippen LogP contribution >= 0.6 is 0 Å². The number of allylic oxidation sites excluding steroid dienone is 1. The summed E-state index contributed by atoms with van der Waals surface area (Å²) in [6.45, 7) is 16.1. The Bertz CT molecular complexity index is 47.1. The Hall–Kier alpha value is -0.260. The van der Waals surface area contributed by atoms with Crippen LogP contribution in [0.15, 0.2) is 12.2 Å². The standard InChI is InChI=1S/C4H8.C4H10.C3H8/c1-4(2)3;1-3-4-2;1-3-2/h1H2,2-3H3;3-4H2,1-2H3;3H2,1-2H3. The van der Waals surface area contributed by atoms with E-state index in [0.717, 1.165) is 0 Å². The Labute approximate surface area is 73.7 Å². The molecule has 0 aliphatic carbocycles. The van der Waals surface area contributed by atoms with Crippen molar-refractivity contribution in [2.75, 3.05) is 0 Å². The summed E-state index contributed by atoms with van der Waals surface area (Å²) in [5.41, 5.74) is 1.17. The molecule has 11 heavy (non-hydrogen) atoms. The number of hydrogen-bond donors (Lipinski definition) is 0. The molecule has 0 aliphatic heterocycles. The minimum Gasteiger partial charge on any atom is -0.100 e. The highest BCUT2D eigenvalue weighted by molar-refractivity contribution is 4.78. The maximum absolute atomic E-state index is 3.56. The van der Waals surface area contributed by atoms with Gasteiger partial charge in [-0.15, -0.1) is 6.58 Å². The Morgan fingerprint density at radius 3 is 1.00 bits per heavy atom. The van der Waals surface area contributed by atoms with Crippen LogP contribution in [0.5, 0.6) is 0 Å². The van der Waals surface area contributed by atoms with Gasteiger partial charge in [0.1, 0.15) is 0 Å². The fourth-order valence-corrected chi connectivity index (χ4v) is 0. The first-order valence-electron chi connectivity index (χ1n) is 4.68. The molecule has 0 aromatic carbocycles. The van der Waals surface area contributed by atoms with Gasteiger partial charge in [0, 0.05) is 0 Å². The van der Waals surface area contributed by atoms with Gasteiger partial charge < -0.3 is 0 Å². The Morgan fingerprint density at radius 1 is 0.909 bits per heavy atom. The maximum atomic E-state index is 3.56. The van der Waals surface area contributed by atoms with E-state index in [4.69, 9.17) is 0 Å². The normalized spacial score (nSPS) is 6.73. The van der Waals surface area contributed by atoms with Gasteiger partial charge in [0.05, 0.1) is 0 Å². The van der Waals surface area contributed by atoms with Crippen molar-refractivity contribution in [3.05, 3.63) is 12.2 Å². The van der Waals surface area contributed by atoms with Crippen LogP contribution in [-0.4, -0.2) is 0 Å². The molecule has 0 saturated carbocycles. The molecule has 70 valence electrons. The third kappa shape index (κ3) is 1070. The van der Waals surface area contributed by atoms with Crippen LogP contribution in [0.2, 0.25) is 0 Å². The van der Waals surface area contributed by atoms with Crippen LogP contribution in [0.1, 0.15) is 60.8 Å². The molecule has 0 heteroatoms. The molecule has 0 radical (unpaired) electrons. The first-order valence-corrected chi connectivity index (χ1v) is 4.68. The number of rotatable bonds is 1. The predicted octanol–water partition coefficient (Wildman–Crippen LogP) is 4.81. The van der Waals surface area contributed by atoms with E-state index in [1.807, 2.05) is 13.8 Å². The van der Waals surface area contributed by atoms with E-state index in [9.17, 15) is 0 Å². The lowest BCUT2D eigenvalue weighted by molar-refractivity contribution is 0.886. The van der Waals surface area contributed by atoms with Crippen LogP contribution in [0, 0.1) is 0 Å². The lowest BCUT2D eigenvalue weighted by Crippen LogP contribution is -1.47. The highest BCUT2D eigenvalue weighted by Gasteiger charge is 1.56. The van der Waals surface area contributed by atoms with E-state index >= 15 is 0 Å². The fourth-order valence-electron chi connectivity index (χ4n) is 0. The van der Waals surface area contributed by atoms with Gasteiger partial charge in [-0.1, -0.05) is 52.5 Å². The zero-order valence-electron chi connectivity index (χ0n) is 9.33. The van der Waals surface area contributed by atoms with Crippen LogP contribution in [0.3, 0.4) is 0 Å². The smallest absolute Gasteiger partial charge is 0.0445 e. The number of unbranched alkanes of at least 4 members (excludes halogenated alkanes) is 1. The van der Waals surface area contributed by atoms with Crippen LogP contribution < -0.4 is 0 Å². The lowest BCUT2D eigenvalue weighted by Gasteiger charge is -1.68. The van der Waals surface area contributed by atoms with Gasteiger partial charge in [0.2, 0.25) is 0 Å². The minimum absolute atomic E-state index is 1.17. The first kappa shape index (κ1) is 17.0. The van der Waals surface area contributed by atoms with Gasteiger partial charge in [-0.3, -0.25) is 0 Å². The molecule has 0 heterocycles. The minimum atomic E-state index is 1.17. The summed E-state index contributed by atoms with van der Waals surface area (Å²) in [6, 6.07) is 0. The average molecular weight is 158 g/mol. The van der Waals surface area contributed by atoms with Crippen molar-refractivity contribution in [2.24, 2.45) is 0 Å². The molecule has 0 fully saturated rings. The van der Waals surface area contributed by atoms with Crippen molar-refractivity contribution in [1.82, 2.24) is 0 Å². The van der Waals surface area contributed by atoms with Crippen LogP contribution in [0.25, 0.3) is 0 Å². The molecule has 0 unspecified atom stereocenters. The first-order chi connectivity index (χ1) is 5.06. The second kappa shape index (κ2) is 22.6. The average Bonchev–Trinajstić information content (AvgIpc) is 1.88. The van der Waals surface area contributed by atoms with Crippen molar-refractivity contribution in [3.63, 3.8) is 0 Å². The molecule has 0 nitrogen and oxygen atoms in total. The summed E-state index contributed by atoms with van der Waals surface area (Å²) in [6.07, 6.45) is 3.89. The summed E-state index contributed by atoms with van der Waals surface area (Å²) in [4.78, 5) is 0. The van der Waals surface area contributed by atoms with Crippen molar-refractivity contribution < 1.29 is 0 Å². The van der Waals surface area contributed by atoms with E-state index in [2.05, 4.69) is 34.3 Å². The Balaban J connectivity index is -0.0000000886. The molecule has 0 bridgehead atoms. The zero-order valence-corrected chi connectivity index (χ0v) is 9.33. The summed E-state index contributed by atoms with van der Waals surface area (Å²) < 4.78 is 0. The van der Waals surface area contributed by atoms with Crippen molar-refractivity contribution >= 4 is 0 Å². The molecule has 0 aliphatic rings. The third-order valence-corrected chi connectivity index (χ3v) is 0.500. The van der Waals surface area contributed by atoms with Gasteiger partial charge in [0.25, 0.3) is 0 Å². The van der Waals surface area contributed by atoms with Crippen molar-refractivity contribution in [1.29, 1.82) is 0 Å². The molecular weight excluding hydrogens is 132 g/mol. The SMILES string of the molecule is C=C(C)C.CCC.CCCC.